The lowest BCUT2D eigenvalue weighted by Gasteiger charge is -2.34. The van der Waals surface area contributed by atoms with Crippen molar-refractivity contribution in [3.63, 3.8) is 0 Å². The molecule has 1 heterocycles. The van der Waals surface area contributed by atoms with E-state index in [4.69, 9.17) is 0 Å². The number of carbonyl (C=O) groups excluding carboxylic acids is 3. The normalized spacial score (nSPS) is 16.7. The predicted molar refractivity (Wildman–Crippen MR) is 106 cm³/mol. The summed E-state index contributed by atoms with van der Waals surface area (Å²) in [5.41, 5.74) is 1.28. The number of nitrogens with one attached hydrogen (secondary N) is 1. The number of para-hydroxylation sites is 1. The van der Waals surface area contributed by atoms with Crippen molar-refractivity contribution in [2.45, 2.75) is 5.92 Å². The molecule has 0 aliphatic carbocycles. The molecule has 1 fully saturated rings. The number of hydrogen-bond acceptors (Lipinski definition) is 3. The Morgan fingerprint density at radius 2 is 1.23 bits per heavy atom. The fourth-order valence-corrected chi connectivity index (χ4v) is 3.62. The van der Waals surface area contributed by atoms with Crippen molar-refractivity contribution >= 4 is 23.5 Å². The van der Waals surface area contributed by atoms with Crippen LogP contribution in [0.25, 0.3) is 0 Å². The summed E-state index contributed by atoms with van der Waals surface area (Å²) in [6.45, 7) is 0. The number of barbiturate groups is 1. The van der Waals surface area contributed by atoms with Gasteiger partial charge in [-0.1, -0.05) is 42.5 Å². The van der Waals surface area contributed by atoms with Crippen LogP contribution in [-0.2, 0) is 9.59 Å². The average molecular weight is 406 g/mol. The quantitative estimate of drug-likeness (QED) is 0.666. The second kappa shape index (κ2) is 7.87. The second-order valence-electron chi connectivity index (χ2n) is 6.86. The minimum absolute atomic E-state index is 0.314. The summed E-state index contributed by atoms with van der Waals surface area (Å²) in [5, 5.41) is 2.23. The Morgan fingerprint density at radius 1 is 0.733 bits per heavy atom. The molecule has 3 aromatic rings. The number of rotatable bonds is 4. The van der Waals surface area contributed by atoms with Gasteiger partial charge in [0.15, 0.2) is 0 Å². The van der Waals surface area contributed by atoms with Crippen LogP contribution in [0.5, 0.6) is 0 Å². The Morgan fingerprint density at radius 3 is 1.73 bits per heavy atom. The Bertz CT molecular complexity index is 1050. The van der Waals surface area contributed by atoms with Gasteiger partial charge in [-0.05, 0) is 47.5 Å². The number of hydrogen-bond donors (Lipinski definition) is 1. The van der Waals surface area contributed by atoms with Crippen molar-refractivity contribution in [2.24, 2.45) is 5.92 Å². The number of anilines is 1. The van der Waals surface area contributed by atoms with Crippen molar-refractivity contribution in [3.05, 3.63) is 102 Å². The van der Waals surface area contributed by atoms with Crippen molar-refractivity contribution in [1.29, 1.82) is 0 Å². The van der Waals surface area contributed by atoms with Crippen LogP contribution in [0.1, 0.15) is 17.0 Å². The molecule has 0 unspecified atom stereocenters. The molecule has 4 amide bonds. The number of imide groups is 2. The minimum atomic E-state index is -1.31. The Balaban J connectivity index is 1.83. The molecule has 0 radical (unpaired) electrons. The zero-order valence-corrected chi connectivity index (χ0v) is 15.6. The molecule has 5 nitrogen and oxygen atoms in total. The van der Waals surface area contributed by atoms with E-state index in [9.17, 15) is 23.2 Å². The summed E-state index contributed by atoms with van der Waals surface area (Å²) in [5.74, 6) is -4.59. The smallest absolute Gasteiger partial charge is 0.277 e. The van der Waals surface area contributed by atoms with E-state index in [0.29, 0.717) is 16.8 Å². The maximum Gasteiger partial charge on any atom is 0.335 e. The molecule has 1 saturated heterocycles. The average Bonchev–Trinajstić information content (AvgIpc) is 2.73. The monoisotopic (exact) mass is 406 g/mol. The van der Waals surface area contributed by atoms with Gasteiger partial charge in [-0.25, -0.2) is 18.5 Å². The summed E-state index contributed by atoms with van der Waals surface area (Å²) >= 11 is 0. The maximum absolute atomic E-state index is 13.5. The van der Waals surface area contributed by atoms with Gasteiger partial charge in [0.1, 0.15) is 17.6 Å². The van der Waals surface area contributed by atoms with Gasteiger partial charge in [0, 0.05) is 5.92 Å². The van der Waals surface area contributed by atoms with Gasteiger partial charge in [0.05, 0.1) is 5.69 Å². The van der Waals surface area contributed by atoms with E-state index in [0.717, 1.165) is 4.90 Å². The number of amides is 4. The van der Waals surface area contributed by atoms with Crippen molar-refractivity contribution in [2.75, 3.05) is 4.90 Å². The first-order valence-electron chi connectivity index (χ1n) is 9.20. The second-order valence-corrected chi connectivity index (χ2v) is 6.86. The highest BCUT2D eigenvalue weighted by Gasteiger charge is 2.46. The van der Waals surface area contributed by atoms with Crippen LogP contribution in [0, 0.1) is 17.6 Å². The van der Waals surface area contributed by atoms with Crippen LogP contribution < -0.4 is 10.2 Å². The molecule has 30 heavy (non-hydrogen) atoms. The summed E-state index contributed by atoms with van der Waals surface area (Å²) in [7, 11) is 0. The van der Waals surface area contributed by atoms with Crippen molar-refractivity contribution < 1.29 is 23.2 Å². The third kappa shape index (κ3) is 3.57. The van der Waals surface area contributed by atoms with Gasteiger partial charge in [-0.3, -0.25) is 14.9 Å². The number of carbonyl (C=O) groups is 3. The van der Waals surface area contributed by atoms with Crippen LogP contribution in [0.4, 0.5) is 19.3 Å². The van der Waals surface area contributed by atoms with Crippen molar-refractivity contribution in [1.82, 2.24) is 5.32 Å². The molecule has 0 aromatic heterocycles. The molecule has 7 heteroatoms. The summed E-state index contributed by atoms with van der Waals surface area (Å²) in [4.78, 5) is 39.5. The zero-order valence-electron chi connectivity index (χ0n) is 15.6. The van der Waals surface area contributed by atoms with Gasteiger partial charge in [-0.15, -0.1) is 0 Å². The molecule has 1 aliphatic heterocycles. The van der Waals surface area contributed by atoms with E-state index in [-0.39, 0.29) is 0 Å². The standard InChI is InChI=1S/C23H16F2N2O3/c24-16-10-6-14(7-11-16)19(15-8-12-17(25)13-9-15)20-21(28)26-23(30)27(22(20)29)18-4-2-1-3-5-18/h1-13,19-20H,(H,26,28,30)/t20-/m1/s1. The van der Waals surface area contributed by atoms with Crippen LogP contribution in [-0.4, -0.2) is 17.8 Å². The fourth-order valence-electron chi connectivity index (χ4n) is 3.62. The van der Waals surface area contributed by atoms with E-state index < -0.39 is 41.3 Å². The van der Waals surface area contributed by atoms with Gasteiger partial charge >= 0.3 is 6.03 Å². The lowest BCUT2D eigenvalue weighted by Crippen LogP contribution is -2.59. The van der Waals surface area contributed by atoms with Crippen LogP contribution in [0.2, 0.25) is 0 Å². The van der Waals surface area contributed by atoms with E-state index >= 15 is 0 Å². The highest BCUT2D eigenvalue weighted by atomic mass is 19.1. The first-order valence-corrected chi connectivity index (χ1v) is 9.20. The van der Waals surface area contributed by atoms with E-state index in [2.05, 4.69) is 5.32 Å². The number of benzene rings is 3. The molecule has 0 saturated carbocycles. The highest BCUT2D eigenvalue weighted by molar-refractivity contribution is 6.28. The van der Waals surface area contributed by atoms with E-state index in [1.54, 1.807) is 30.3 Å². The summed E-state index contributed by atoms with van der Waals surface area (Å²) in [6, 6.07) is 18.1. The topological polar surface area (TPSA) is 66.5 Å². The molecule has 1 aliphatic rings. The van der Waals surface area contributed by atoms with Gasteiger partial charge in [0.25, 0.3) is 0 Å². The predicted octanol–water partition coefficient (Wildman–Crippen LogP) is 4.00. The Kier molecular flexibility index (Phi) is 5.10. The molecular formula is C23H16F2N2O3. The minimum Gasteiger partial charge on any atom is -0.277 e. The van der Waals surface area contributed by atoms with Gasteiger partial charge < -0.3 is 0 Å². The van der Waals surface area contributed by atoms with Crippen LogP contribution >= 0.6 is 0 Å². The molecule has 0 bridgehead atoms. The molecule has 150 valence electrons. The Hall–Kier alpha value is -3.87. The molecular weight excluding hydrogens is 390 g/mol. The summed E-state index contributed by atoms with van der Waals surface area (Å²) < 4.78 is 27.0. The van der Waals surface area contributed by atoms with Crippen LogP contribution in [0.3, 0.4) is 0 Å². The zero-order chi connectivity index (χ0) is 21.3. The Labute approximate surface area is 170 Å². The number of halogens is 2. The molecule has 0 spiro atoms. The third-order valence-electron chi connectivity index (χ3n) is 5.01. The lowest BCUT2D eigenvalue weighted by molar-refractivity contribution is -0.134. The number of urea groups is 1. The summed E-state index contributed by atoms with van der Waals surface area (Å²) in [6.07, 6.45) is 0. The van der Waals surface area contributed by atoms with E-state index in [1.807, 2.05) is 0 Å². The van der Waals surface area contributed by atoms with Crippen LogP contribution in [0.15, 0.2) is 78.9 Å². The molecule has 4 rings (SSSR count). The molecule has 3 aromatic carbocycles. The van der Waals surface area contributed by atoms with Gasteiger partial charge in [0.2, 0.25) is 11.8 Å². The molecule has 1 N–H and O–H groups in total. The van der Waals surface area contributed by atoms with E-state index in [1.165, 1.54) is 48.5 Å². The first-order chi connectivity index (χ1) is 14.5. The lowest BCUT2D eigenvalue weighted by atomic mass is 9.78. The largest absolute Gasteiger partial charge is 0.335 e. The van der Waals surface area contributed by atoms with Gasteiger partial charge in [-0.2, -0.15) is 0 Å². The number of nitrogens with zero attached hydrogens (tertiary/aromatic N) is 1. The SMILES string of the molecule is O=C1NC(=O)N(c2ccccc2)C(=O)[C@@H]1C(c1ccc(F)cc1)c1ccc(F)cc1. The molecule has 1 atom stereocenters. The third-order valence-corrected chi connectivity index (χ3v) is 5.01. The van der Waals surface area contributed by atoms with Crippen molar-refractivity contribution in [3.8, 4) is 0 Å². The maximum atomic E-state index is 13.5. The highest BCUT2D eigenvalue weighted by Crippen LogP contribution is 2.36. The first kappa shape index (κ1) is 19.4. The fraction of sp³-hybridized carbons (Fsp3) is 0.0870.